The van der Waals surface area contributed by atoms with Crippen LogP contribution < -0.4 is 5.32 Å². The molecule has 1 aromatic carbocycles. The van der Waals surface area contributed by atoms with Gasteiger partial charge >= 0.3 is 0 Å². The van der Waals surface area contributed by atoms with Crippen LogP contribution in [-0.2, 0) is 0 Å². The van der Waals surface area contributed by atoms with Gasteiger partial charge in [0.05, 0.1) is 0 Å². The maximum Gasteiger partial charge on any atom is 0.0457 e. The zero-order chi connectivity index (χ0) is 8.67. The zero-order valence-corrected chi connectivity index (χ0v) is 7.38. The molecule has 1 aromatic heterocycles. The summed E-state index contributed by atoms with van der Waals surface area (Å²) in [7, 11) is 0. The van der Waals surface area contributed by atoms with Crippen LogP contribution in [-0.4, -0.2) is 11.5 Å². The summed E-state index contributed by atoms with van der Waals surface area (Å²) >= 11 is 0. The van der Waals surface area contributed by atoms with Crippen LogP contribution in [0, 0.1) is 0 Å². The van der Waals surface area contributed by atoms with Crippen molar-refractivity contribution in [3.8, 4) is 0 Å². The Hall–Kier alpha value is -1.28. The van der Waals surface area contributed by atoms with Gasteiger partial charge in [0, 0.05) is 23.1 Å². The van der Waals surface area contributed by atoms with Crippen LogP contribution in [0.15, 0.2) is 30.5 Å². The Labute approximate surface area is 77.0 Å². The number of benzene rings is 1. The van der Waals surface area contributed by atoms with E-state index >= 15 is 0 Å². The number of hydrogen-bond acceptors (Lipinski definition) is 1. The number of rotatable bonds is 1. The third-order valence-electron chi connectivity index (χ3n) is 2.83. The highest BCUT2D eigenvalue weighted by atomic mass is 15.0. The SMILES string of the molecule is c1cc(C2CCN2)c2cc[nH]c2c1. The molecule has 1 aliphatic rings. The standard InChI is InChI=1S/C11H12N2/c1-2-8(11-5-7-13-11)9-4-6-12-10(9)3-1/h1-4,6,11-13H,5,7H2. The summed E-state index contributed by atoms with van der Waals surface area (Å²) in [6, 6.07) is 9.20. The first-order chi connectivity index (χ1) is 6.45. The molecule has 0 amide bonds. The fourth-order valence-corrected chi connectivity index (χ4v) is 1.97. The van der Waals surface area contributed by atoms with Crippen molar-refractivity contribution in [3.05, 3.63) is 36.0 Å². The highest BCUT2D eigenvalue weighted by molar-refractivity contribution is 5.83. The molecule has 3 rings (SSSR count). The number of aromatic amines is 1. The molecular weight excluding hydrogens is 160 g/mol. The van der Waals surface area contributed by atoms with Gasteiger partial charge in [0.25, 0.3) is 0 Å². The van der Waals surface area contributed by atoms with Gasteiger partial charge in [-0.25, -0.2) is 0 Å². The summed E-state index contributed by atoms with van der Waals surface area (Å²) in [6.07, 6.45) is 3.27. The Morgan fingerprint density at radius 2 is 2.15 bits per heavy atom. The minimum absolute atomic E-state index is 0.583. The summed E-state index contributed by atoms with van der Waals surface area (Å²) < 4.78 is 0. The summed E-state index contributed by atoms with van der Waals surface area (Å²) in [5.41, 5.74) is 2.68. The third-order valence-corrected chi connectivity index (χ3v) is 2.83. The number of nitrogens with one attached hydrogen (secondary N) is 2. The Bertz CT molecular complexity index is 426. The highest BCUT2D eigenvalue weighted by Gasteiger charge is 2.20. The molecular formula is C11H12N2. The first kappa shape index (κ1) is 7.15. The topological polar surface area (TPSA) is 27.8 Å². The molecule has 0 aliphatic carbocycles. The molecule has 0 saturated carbocycles. The Morgan fingerprint density at radius 3 is 2.92 bits per heavy atom. The van der Waals surface area contributed by atoms with Crippen molar-refractivity contribution < 1.29 is 0 Å². The fraction of sp³-hybridized carbons (Fsp3) is 0.273. The predicted molar refractivity (Wildman–Crippen MR) is 53.7 cm³/mol. The predicted octanol–water partition coefficient (Wildman–Crippen LogP) is 2.20. The van der Waals surface area contributed by atoms with E-state index in [9.17, 15) is 0 Å². The van der Waals surface area contributed by atoms with Gasteiger partial charge in [0.15, 0.2) is 0 Å². The molecule has 1 atom stereocenters. The zero-order valence-electron chi connectivity index (χ0n) is 7.38. The van der Waals surface area contributed by atoms with Crippen molar-refractivity contribution in [2.75, 3.05) is 6.54 Å². The van der Waals surface area contributed by atoms with Crippen molar-refractivity contribution in [2.24, 2.45) is 0 Å². The maximum atomic E-state index is 3.43. The Balaban J connectivity index is 2.20. The van der Waals surface area contributed by atoms with Crippen LogP contribution in [0.1, 0.15) is 18.0 Å². The van der Waals surface area contributed by atoms with E-state index in [0.717, 1.165) is 6.54 Å². The van der Waals surface area contributed by atoms with Gasteiger partial charge < -0.3 is 10.3 Å². The molecule has 1 aliphatic heterocycles. The number of hydrogen-bond donors (Lipinski definition) is 2. The molecule has 13 heavy (non-hydrogen) atoms. The lowest BCUT2D eigenvalue weighted by Gasteiger charge is -2.28. The minimum atomic E-state index is 0.583. The van der Waals surface area contributed by atoms with Crippen molar-refractivity contribution in [2.45, 2.75) is 12.5 Å². The van der Waals surface area contributed by atoms with Crippen molar-refractivity contribution in [1.29, 1.82) is 0 Å². The number of fused-ring (bicyclic) bond motifs is 1. The van der Waals surface area contributed by atoms with E-state index in [-0.39, 0.29) is 0 Å². The van der Waals surface area contributed by atoms with E-state index in [1.54, 1.807) is 0 Å². The molecule has 1 unspecified atom stereocenters. The van der Waals surface area contributed by atoms with E-state index in [1.807, 2.05) is 6.20 Å². The molecule has 1 fully saturated rings. The first-order valence-electron chi connectivity index (χ1n) is 4.74. The normalized spacial score (nSPS) is 21.7. The second-order valence-corrected chi connectivity index (χ2v) is 3.58. The van der Waals surface area contributed by atoms with E-state index in [1.165, 1.54) is 22.9 Å². The van der Waals surface area contributed by atoms with Crippen LogP contribution >= 0.6 is 0 Å². The molecule has 1 saturated heterocycles. The van der Waals surface area contributed by atoms with Crippen molar-refractivity contribution in [1.82, 2.24) is 10.3 Å². The molecule has 0 spiro atoms. The summed E-state index contributed by atoms with van der Waals surface area (Å²) in [6.45, 7) is 1.16. The average Bonchev–Trinajstić information content (AvgIpc) is 2.49. The van der Waals surface area contributed by atoms with Crippen LogP contribution in [0.4, 0.5) is 0 Å². The monoisotopic (exact) mass is 172 g/mol. The second kappa shape index (κ2) is 2.60. The molecule has 2 nitrogen and oxygen atoms in total. The molecule has 0 bridgehead atoms. The lowest BCUT2D eigenvalue weighted by Crippen LogP contribution is -2.34. The third kappa shape index (κ3) is 0.988. The number of aromatic nitrogens is 1. The van der Waals surface area contributed by atoms with Crippen LogP contribution in [0.5, 0.6) is 0 Å². The van der Waals surface area contributed by atoms with E-state index in [0.29, 0.717) is 6.04 Å². The van der Waals surface area contributed by atoms with Gasteiger partial charge in [-0.3, -0.25) is 0 Å². The average molecular weight is 172 g/mol. The number of H-pyrrole nitrogens is 1. The van der Waals surface area contributed by atoms with Crippen molar-refractivity contribution in [3.63, 3.8) is 0 Å². The van der Waals surface area contributed by atoms with Crippen LogP contribution in [0.3, 0.4) is 0 Å². The van der Waals surface area contributed by atoms with Gasteiger partial charge in [-0.15, -0.1) is 0 Å². The Kier molecular flexibility index (Phi) is 1.43. The molecule has 0 radical (unpaired) electrons. The minimum Gasteiger partial charge on any atom is -0.361 e. The van der Waals surface area contributed by atoms with E-state index < -0.39 is 0 Å². The smallest absolute Gasteiger partial charge is 0.0457 e. The lowest BCUT2D eigenvalue weighted by molar-refractivity contribution is 0.385. The van der Waals surface area contributed by atoms with Gasteiger partial charge in [-0.1, -0.05) is 12.1 Å². The molecule has 2 heterocycles. The Morgan fingerprint density at radius 1 is 1.23 bits per heavy atom. The second-order valence-electron chi connectivity index (χ2n) is 3.58. The van der Waals surface area contributed by atoms with Gasteiger partial charge in [-0.05, 0) is 30.7 Å². The molecule has 2 aromatic rings. The van der Waals surface area contributed by atoms with Crippen LogP contribution in [0.2, 0.25) is 0 Å². The van der Waals surface area contributed by atoms with Gasteiger partial charge in [-0.2, -0.15) is 0 Å². The summed E-state index contributed by atoms with van der Waals surface area (Å²) in [5, 5.41) is 4.79. The molecule has 66 valence electrons. The van der Waals surface area contributed by atoms with E-state index in [4.69, 9.17) is 0 Å². The van der Waals surface area contributed by atoms with Gasteiger partial charge in [0.1, 0.15) is 0 Å². The lowest BCUT2D eigenvalue weighted by atomic mass is 9.95. The van der Waals surface area contributed by atoms with Gasteiger partial charge in [0.2, 0.25) is 0 Å². The van der Waals surface area contributed by atoms with Crippen molar-refractivity contribution >= 4 is 10.9 Å². The first-order valence-corrected chi connectivity index (χ1v) is 4.74. The summed E-state index contributed by atoms with van der Waals surface area (Å²) in [4.78, 5) is 3.24. The summed E-state index contributed by atoms with van der Waals surface area (Å²) in [5.74, 6) is 0. The molecule has 2 N–H and O–H groups in total. The van der Waals surface area contributed by atoms with E-state index in [2.05, 4.69) is 34.6 Å². The maximum absolute atomic E-state index is 3.43. The highest BCUT2D eigenvalue weighted by Crippen LogP contribution is 2.28. The van der Waals surface area contributed by atoms with Crippen LogP contribution in [0.25, 0.3) is 10.9 Å². The quantitative estimate of drug-likeness (QED) is 0.678. The fourth-order valence-electron chi connectivity index (χ4n) is 1.97. The molecule has 2 heteroatoms. The largest absolute Gasteiger partial charge is 0.361 e.